The van der Waals surface area contributed by atoms with Crippen molar-refractivity contribution >= 4 is 17.2 Å². The van der Waals surface area contributed by atoms with Gasteiger partial charge in [0.15, 0.2) is 5.65 Å². The van der Waals surface area contributed by atoms with E-state index in [4.69, 9.17) is 16.3 Å². The van der Waals surface area contributed by atoms with E-state index in [1.807, 2.05) is 12.3 Å². The molecule has 2 aromatic heterocycles. The van der Waals surface area contributed by atoms with Crippen LogP contribution in [-0.4, -0.2) is 27.8 Å². The van der Waals surface area contributed by atoms with Gasteiger partial charge in [0.25, 0.3) is 0 Å². The number of fused-ring (bicyclic) bond motifs is 1. The number of pyridine rings is 1. The summed E-state index contributed by atoms with van der Waals surface area (Å²) < 4.78 is 7.08. The van der Waals surface area contributed by atoms with Gasteiger partial charge in [-0.1, -0.05) is 6.07 Å². The maximum Gasteiger partial charge on any atom is 0.243 e. The Bertz CT molecular complexity index is 490. The molecule has 0 aliphatic carbocycles. The highest BCUT2D eigenvalue weighted by molar-refractivity contribution is 6.28. The monoisotopic (exact) mass is 223 g/mol. The van der Waals surface area contributed by atoms with Crippen LogP contribution in [0.1, 0.15) is 17.9 Å². The summed E-state index contributed by atoms with van der Waals surface area (Å²) in [5.41, 5.74) is 2.02. The van der Waals surface area contributed by atoms with E-state index in [1.54, 1.807) is 4.52 Å². The molecule has 2 aromatic rings. The Morgan fingerprint density at radius 1 is 1.47 bits per heavy atom. The highest BCUT2D eigenvalue weighted by atomic mass is 35.5. The minimum absolute atomic E-state index is 0.287. The zero-order chi connectivity index (χ0) is 10.3. The molecule has 1 aliphatic heterocycles. The molecule has 15 heavy (non-hydrogen) atoms. The van der Waals surface area contributed by atoms with Crippen LogP contribution in [0.5, 0.6) is 0 Å². The van der Waals surface area contributed by atoms with E-state index in [2.05, 4.69) is 16.1 Å². The van der Waals surface area contributed by atoms with Gasteiger partial charge in [0.05, 0.1) is 6.61 Å². The Hall–Kier alpha value is -1.13. The van der Waals surface area contributed by atoms with E-state index in [9.17, 15) is 0 Å². The van der Waals surface area contributed by atoms with Gasteiger partial charge in [0, 0.05) is 18.7 Å². The van der Waals surface area contributed by atoms with Crippen LogP contribution >= 0.6 is 11.6 Å². The quantitative estimate of drug-likeness (QED) is 0.741. The van der Waals surface area contributed by atoms with Gasteiger partial charge >= 0.3 is 0 Å². The summed E-state index contributed by atoms with van der Waals surface area (Å²) in [5, 5.41) is 4.36. The fraction of sp³-hybridized carbons (Fsp3) is 0.400. The van der Waals surface area contributed by atoms with Crippen LogP contribution in [0.3, 0.4) is 0 Å². The van der Waals surface area contributed by atoms with Crippen LogP contribution in [0.15, 0.2) is 18.3 Å². The molecular weight excluding hydrogens is 214 g/mol. The van der Waals surface area contributed by atoms with E-state index in [0.717, 1.165) is 25.3 Å². The zero-order valence-corrected chi connectivity index (χ0v) is 8.81. The number of rotatable bonds is 1. The smallest absolute Gasteiger partial charge is 0.243 e. The average Bonchev–Trinajstić information content (AvgIpc) is 2.82. The summed E-state index contributed by atoms with van der Waals surface area (Å²) in [6.07, 6.45) is 3.06. The van der Waals surface area contributed by atoms with Gasteiger partial charge in [-0.2, -0.15) is 4.98 Å². The number of hydrogen-bond acceptors (Lipinski definition) is 3. The third kappa shape index (κ3) is 1.60. The van der Waals surface area contributed by atoms with Gasteiger partial charge in [0.1, 0.15) is 0 Å². The van der Waals surface area contributed by atoms with Crippen LogP contribution < -0.4 is 0 Å². The molecule has 1 aliphatic rings. The third-order valence-corrected chi connectivity index (χ3v) is 2.89. The molecule has 3 rings (SSSR count). The molecule has 1 unspecified atom stereocenters. The van der Waals surface area contributed by atoms with E-state index in [1.165, 1.54) is 5.56 Å². The Morgan fingerprint density at radius 2 is 2.40 bits per heavy atom. The van der Waals surface area contributed by atoms with Gasteiger partial charge in [-0.25, -0.2) is 4.52 Å². The van der Waals surface area contributed by atoms with Gasteiger partial charge in [0.2, 0.25) is 5.28 Å². The predicted octanol–water partition coefficient (Wildman–Crippen LogP) is 1.89. The summed E-state index contributed by atoms with van der Waals surface area (Å²) in [5.74, 6) is 0.484. The summed E-state index contributed by atoms with van der Waals surface area (Å²) in [7, 11) is 0. The number of halogens is 1. The Morgan fingerprint density at radius 3 is 3.20 bits per heavy atom. The Kier molecular flexibility index (Phi) is 2.11. The van der Waals surface area contributed by atoms with Crippen LogP contribution in [-0.2, 0) is 4.74 Å². The van der Waals surface area contributed by atoms with Crippen molar-refractivity contribution in [3.05, 3.63) is 29.2 Å². The van der Waals surface area contributed by atoms with Crippen molar-refractivity contribution < 1.29 is 4.74 Å². The zero-order valence-electron chi connectivity index (χ0n) is 8.06. The van der Waals surface area contributed by atoms with Crippen molar-refractivity contribution in [3.63, 3.8) is 0 Å². The first-order valence-corrected chi connectivity index (χ1v) is 5.30. The lowest BCUT2D eigenvalue weighted by molar-refractivity contribution is 0.194. The summed E-state index contributed by atoms with van der Waals surface area (Å²) in [6.45, 7) is 1.65. The molecule has 0 radical (unpaired) electrons. The third-order valence-electron chi connectivity index (χ3n) is 2.73. The Balaban J connectivity index is 2.04. The van der Waals surface area contributed by atoms with Gasteiger partial charge in [-0.3, -0.25) is 0 Å². The molecule has 4 nitrogen and oxygen atoms in total. The fourth-order valence-corrected chi connectivity index (χ4v) is 2.08. The molecule has 0 N–H and O–H groups in total. The molecule has 0 saturated carbocycles. The maximum atomic E-state index is 5.73. The highest BCUT2D eigenvalue weighted by Gasteiger charge is 2.18. The second-order valence-electron chi connectivity index (χ2n) is 3.71. The molecule has 5 heteroatoms. The lowest BCUT2D eigenvalue weighted by Gasteiger charge is -2.06. The molecule has 78 valence electrons. The first kappa shape index (κ1) is 9.12. The molecule has 1 fully saturated rings. The van der Waals surface area contributed by atoms with Crippen molar-refractivity contribution in [1.82, 2.24) is 14.6 Å². The summed E-state index contributed by atoms with van der Waals surface area (Å²) in [6, 6.07) is 4.01. The maximum absolute atomic E-state index is 5.73. The first-order chi connectivity index (χ1) is 7.33. The van der Waals surface area contributed by atoms with E-state index >= 15 is 0 Å². The molecular formula is C10H10ClN3O. The van der Waals surface area contributed by atoms with Crippen LogP contribution in [0.25, 0.3) is 5.65 Å². The molecule has 0 spiro atoms. The largest absolute Gasteiger partial charge is 0.381 e. The molecule has 0 aromatic carbocycles. The van der Waals surface area contributed by atoms with Crippen LogP contribution in [0, 0.1) is 0 Å². The van der Waals surface area contributed by atoms with Crippen molar-refractivity contribution in [2.24, 2.45) is 0 Å². The number of hydrogen-bond donors (Lipinski definition) is 0. The number of ether oxygens (including phenoxy) is 1. The van der Waals surface area contributed by atoms with E-state index in [0.29, 0.717) is 5.92 Å². The highest BCUT2D eigenvalue weighted by Crippen LogP contribution is 2.25. The van der Waals surface area contributed by atoms with Crippen molar-refractivity contribution in [3.8, 4) is 0 Å². The van der Waals surface area contributed by atoms with Crippen molar-refractivity contribution in [2.75, 3.05) is 13.2 Å². The fourth-order valence-electron chi connectivity index (χ4n) is 1.91. The second kappa shape index (κ2) is 3.47. The van der Waals surface area contributed by atoms with Gasteiger partial charge in [-0.15, -0.1) is 5.10 Å². The average molecular weight is 224 g/mol. The normalized spacial score (nSPS) is 21.3. The van der Waals surface area contributed by atoms with Crippen LogP contribution in [0.4, 0.5) is 0 Å². The lowest BCUT2D eigenvalue weighted by Crippen LogP contribution is -2.00. The SMILES string of the molecule is Clc1nc2ccc(C3CCOC3)cn2n1. The predicted molar refractivity (Wildman–Crippen MR) is 56.2 cm³/mol. The standard InChI is InChI=1S/C10H10ClN3O/c11-10-12-9-2-1-7(5-14(9)13-10)8-3-4-15-6-8/h1-2,5,8H,3-4,6H2. The molecule has 1 atom stereocenters. The Labute approximate surface area is 91.8 Å². The van der Waals surface area contributed by atoms with Crippen molar-refractivity contribution in [1.29, 1.82) is 0 Å². The minimum atomic E-state index is 0.287. The number of aromatic nitrogens is 3. The van der Waals surface area contributed by atoms with Gasteiger partial charge < -0.3 is 4.74 Å². The van der Waals surface area contributed by atoms with E-state index < -0.39 is 0 Å². The molecule has 1 saturated heterocycles. The minimum Gasteiger partial charge on any atom is -0.381 e. The number of nitrogens with zero attached hydrogens (tertiary/aromatic N) is 3. The lowest BCUT2D eigenvalue weighted by atomic mass is 10.0. The van der Waals surface area contributed by atoms with Gasteiger partial charge in [-0.05, 0) is 29.7 Å². The van der Waals surface area contributed by atoms with Crippen LogP contribution in [0.2, 0.25) is 5.28 Å². The molecule has 0 amide bonds. The topological polar surface area (TPSA) is 39.4 Å². The van der Waals surface area contributed by atoms with E-state index in [-0.39, 0.29) is 5.28 Å². The molecule has 3 heterocycles. The molecule has 0 bridgehead atoms. The summed E-state index contributed by atoms with van der Waals surface area (Å²) >= 11 is 5.73. The second-order valence-corrected chi connectivity index (χ2v) is 4.04. The first-order valence-electron chi connectivity index (χ1n) is 4.92. The summed E-state index contributed by atoms with van der Waals surface area (Å²) in [4.78, 5) is 4.07. The van der Waals surface area contributed by atoms with Crippen molar-refractivity contribution in [2.45, 2.75) is 12.3 Å².